The van der Waals surface area contributed by atoms with Crippen LogP contribution in [0, 0.1) is 5.82 Å². The Morgan fingerprint density at radius 3 is 2.84 bits per heavy atom. The summed E-state index contributed by atoms with van der Waals surface area (Å²) in [4.78, 5) is 9.00. The molecule has 0 aliphatic carbocycles. The van der Waals surface area contributed by atoms with Gasteiger partial charge in [0.05, 0.1) is 30.3 Å². The molecule has 0 spiro atoms. The van der Waals surface area contributed by atoms with Crippen molar-refractivity contribution in [1.29, 1.82) is 0 Å². The summed E-state index contributed by atoms with van der Waals surface area (Å²) in [7, 11) is 0. The lowest BCUT2D eigenvalue weighted by Gasteiger charge is -2.09. The van der Waals surface area contributed by atoms with Crippen molar-refractivity contribution in [3.63, 3.8) is 0 Å². The number of benzene rings is 2. The van der Waals surface area contributed by atoms with E-state index in [1.165, 1.54) is 12.3 Å². The van der Waals surface area contributed by atoms with Gasteiger partial charge in [-0.1, -0.05) is 23.7 Å². The number of aliphatic hydroxyl groups excluding tert-OH is 1. The second-order valence-corrected chi connectivity index (χ2v) is 5.93. The first-order valence-corrected chi connectivity index (χ1v) is 8.06. The van der Waals surface area contributed by atoms with E-state index in [0.29, 0.717) is 33.4 Å². The zero-order valence-electron chi connectivity index (χ0n) is 13.4. The molecule has 0 bridgehead atoms. The van der Waals surface area contributed by atoms with Crippen molar-refractivity contribution in [2.24, 2.45) is 15.1 Å². The molecule has 1 heterocycles. The fourth-order valence-corrected chi connectivity index (χ4v) is 2.55. The summed E-state index contributed by atoms with van der Waals surface area (Å²) in [5.41, 5.74) is 4.88. The minimum absolute atomic E-state index is 0.188. The highest BCUT2D eigenvalue weighted by atomic mass is 35.5. The van der Waals surface area contributed by atoms with Crippen LogP contribution in [0.25, 0.3) is 0 Å². The van der Waals surface area contributed by atoms with Gasteiger partial charge < -0.3 is 5.11 Å². The normalized spacial score (nSPS) is 15.2. The number of rotatable bonds is 3. The van der Waals surface area contributed by atoms with Gasteiger partial charge in [-0.15, -0.1) is 0 Å². The Morgan fingerprint density at radius 1 is 1.28 bits per heavy atom. The molecule has 1 atom stereocenters. The van der Waals surface area contributed by atoms with Crippen LogP contribution in [0.1, 0.15) is 18.1 Å². The van der Waals surface area contributed by atoms with Crippen molar-refractivity contribution in [2.45, 2.75) is 13.0 Å². The van der Waals surface area contributed by atoms with Crippen LogP contribution in [-0.2, 0) is 0 Å². The second-order valence-electron chi connectivity index (χ2n) is 5.50. The average molecular weight is 359 g/mol. The number of halogens is 2. The maximum atomic E-state index is 14.3. The highest BCUT2D eigenvalue weighted by Gasteiger charge is 2.19. The smallest absolute Gasteiger partial charge is 0.144 e. The fourth-order valence-electron chi connectivity index (χ4n) is 2.38. The van der Waals surface area contributed by atoms with Gasteiger partial charge in [0.25, 0.3) is 0 Å². The largest absolute Gasteiger partial charge is 0.388 e. The van der Waals surface area contributed by atoms with E-state index in [1.807, 2.05) is 0 Å². The van der Waals surface area contributed by atoms with E-state index in [2.05, 4.69) is 20.5 Å². The van der Waals surface area contributed by atoms with E-state index in [0.717, 1.165) is 0 Å². The highest BCUT2D eigenvalue weighted by molar-refractivity contribution is 6.31. The van der Waals surface area contributed by atoms with Crippen molar-refractivity contribution < 1.29 is 9.50 Å². The van der Waals surface area contributed by atoms with Gasteiger partial charge in [0.2, 0.25) is 0 Å². The van der Waals surface area contributed by atoms with Crippen molar-refractivity contribution in [3.8, 4) is 0 Å². The van der Waals surface area contributed by atoms with Crippen LogP contribution in [0.3, 0.4) is 0 Å². The molecule has 1 aliphatic rings. The van der Waals surface area contributed by atoms with Crippen LogP contribution >= 0.6 is 11.6 Å². The monoisotopic (exact) mass is 358 g/mol. The molecule has 25 heavy (non-hydrogen) atoms. The van der Waals surface area contributed by atoms with Gasteiger partial charge in [-0.2, -0.15) is 5.10 Å². The number of amidine groups is 1. The number of hydrogen-bond acceptors (Lipinski definition) is 5. The Balaban J connectivity index is 2.05. The first kappa shape index (κ1) is 17.3. The van der Waals surface area contributed by atoms with Gasteiger partial charge in [-0.25, -0.2) is 9.38 Å². The standard InChI is InChI=1S/C18H16ClFN4O/c1-11(25)9-22-24-17-10-21-18(13-4-2-3-5-15(13)20)14-8-12(19)6-7-16(14)23-17/h2-9,11,25H,10H2,1H3,(H,23,24). The third-order valence-corrected chi connectivity index (χ3v) is 3.70. The van der Waals surface area contributed by atoms with Crippen LogP contribution in [0.5, 0.6) is 0 Å². The molecule has 5 nitrogen and oxygen atoms in total. The Morgan fingerprint density at radius 2 is 2.08 bits per heavy atom. The first-order valence-electron chi connectivity index (χ1n) is 7.68. The van der Waals surface area contributed by atoms with Crippen LogP contribution in [0.4, 0.5) is 10.1 Å². The van der Waals surface area contributed by atoms with Crippen LogP contribution in [0.2, 0.25) is 5.02 Å². The van der Waals surface area contributed by atoms with Gasteiger partial charge in [0.15, 0.2) is 0 Å². The molecule has 128 valence electrons. The molecule has 0 fully saturated rings. The molecule has 0 amide bonds. The number of fused-ring (bicyclic) bond motifs is 1. The van der Waals surface area contributed by atoms with E-state index in [9.17, 15) is 9.50 Å². The molecule has 0 saturated carbocycles. The molecule has 2 N–H and O–H groups in total. The summed E-state index contributed by atoms with van der Waals surface area (Å²) in [5.74, 6) is 0.113. The summed E-state index contributed by atoms with van der Waals surface area (Å²) in [6.07, 6.45) is 0.667. The van der Waals surface area contributed by atoms with Gasteiger partial charge >= 0.3 is 0 Å². The summed E-state index contributed by atoms with van der Waals surface area (Å²) in [5, 5.41) is 13.7. The summed E-state index contributed by atoms with van der Waals surface area (Å²) in [6.45, 7) is 1.78. The maximum Gasteiger partial charge on any atom is 0.144 e. The van der Waals surface area contributed by atoms with Gasteiger partial charge in [-0.3, -0.25) is 10.4 Å². The fraction of sp³-hybridized carbons (Fsp3) is 0.167. The molecule has 0 radical (unpaired) electrons. The van der Waals surface area contributed by atoms with Crippen LogP contribution in [-0.4, -0.2) is 35.5 Å². The second kappa shape index (κ2) is 7.55. The molecule has 7 heteroatoms. The van der Waals surface area contributed by atoms with Gasteiger partial charge in [-0.05, 0) is 37.3 Å². The number of nitrogens with zero attached hydrogens (tertiary/aromatic N) is 3. The molecule has 3 rings (SSSR count). The van der Waals surface area contributed by atoms with Crippen molar-refractivity contribution >= 4 is 35.1 Å². The van der Waals surface area contributed by atoms with Gasteiger partial charge in [0.1, 0.15) is 11.7 Å². The van der Waals surface area contributed by atoms with Crippen molar-refractivity contribution in [1.82, 2.24) is 5.43 Å². The number of hydrogen-bond donors (Lipinski definition) is 2. The minimum atomic E-state index is -0.678. The number of aliphatic imine (C=N–C) groups is 2. The lowest BCUT2D eigenvalue weighted by atomic mass is 10.0. The summed E-state index contributed by atoms with van der Waals surface area (Å²) < 4.78 is 14.3. The Labute approximate surface area is 149 Å². The molecule has 2 aromatic carbocycles. The van der Waals surface area contributed by atoms with Crippen LogP contribution < -0.4 is 5.43 Å². The maximum absolute atomic E-state index is 14.3. The SMILES string of the molecule is CC(O)C=NNC1=Nc2ccc(Cl)cc2C(c2ccccc2F)=NC1. The molecular weight excluding hydrogens is 343 g/mol. The third-order valence-electron chi connectivity index (χ3n) is 3.47. The molecule has 1 unspecified atom stereocenters. The van der Waals surface area contributed by atoms with E-state index in [1.54, 1.807) is 43.3 Å². The van der Waals surface area contributed by atoms with E-state index < -0.39 is 6.10 Å². The van der Waals surface area contributed by atoms with Crippen molar-refractivity contribution in [3.05, 3.63) is 64.4 Å². The predicted octanol–water partition coefficient (Wildman–Crippen LogP) is 3.32. The molecular formula is C18H16ClFN4O. The van der Waals surface area contributed by atoms with E-state index >= 15 is 0 Å². The minimum Gasteiger partial charge on any atom is -0.388 e. The van der Waals surface area contributed by atoms with E-state index in [4.69, 9.17) is 11.6 Å². The number of aliphatic hydroxyl groups is 1. The Hall–Kier alpha value is -2.57. The lowest BCUT2D eigenvalue weighted by Crippen LogP contribution is -2.21. The highest BCUT2D eigenvalue weighted by Crippen LogP contribution is 2.29. The number of nitrogens with one attached hydrogen (secondary N) is 1. The Bertz CT molecular complexity index is 877. The topological polar surface area (TPSA) is 69.3 Å². The summed E-state index contributed by atoms with van der Waals surface area (Å²) in [6, 6.07) is 11.6. The average Bonchev–Trinajstić information content (AvgIpc) is 2.74. The van der Waals surface area contributed by atoms with Crippen molar-refractivity contribution in [2.75, 3.05) is 6.54 Å². The molecule has 2 aromatic rings. The summed E-state index contributed by atoms with van der Waals surface area (Å²) >= 11 is 6.11. The third kappa shape index (κ3) is 4.10. The predicted molar refractivity (Wildman–Crippen MR) is 98.8 cm³/mol. The zero-order valence-corrected chi connectivity index (χ0v) is 14.2. The number of hydrazone groups is 1. The molecule has 1 aliphatic heterocycles. The zero-order chi connectivity index (χ0) is 17.8. The molecule has 0 aromatic heterocycles. The van der Waals surface area contributed by atoms with E-state index in [-0.39, 0.29) is 12.4 Å². The van der Waals surface area contributed by atoms with Crippen LogP contribution in [0.15, 0.2) is 57.6 Å². The quantitative estimate of drug-likeness (QED) is 0.652. The first-order chi connectivity index (χ1) is 12.0. The lowest BCUT2D eigenvalue weighted by molar-refractivity contribution is 0.266. The molecule has 0 saturated heterocycles. The Kier molecular flexibility index (Phi) is 5.21. The van der Waals surface area contributed by atoms with Gasteiger partial charge in [0, 0.05) is 16.1 Å².